The van der Waals surface area contributed by atoms with Crippen molar-refractivity contribution in [2.75, 3.05) is 6.54 Å². The predicted molar refractivity (Wildman–Crippen MR) is 93.6 cm³/mol. The molecule has 7 heteroatoms. The Balaban J connectivity index is 1.75. The molecule has 2 unspecified atom stereocenters. The Morgan fingerprint density at radius 1 is 1.04 bits per heavy atom. The van der Waals surface area contributed by atoms with Gasteiger partial charge in [-0.1, -0.05) is 42.5 Å². The molecule has 0 saturated heterocycles. The minimum atomic E-state index is -1.25. The first-order valence-electron chi connectivity index (χ1n) is 8.11. The molecule has 2 rings (SSSR count). The first-order chi connectivity index (χ1) is 12.5. The Hall–Kier alpha value is -2.90. The lowest BCUT2D eigenvalue weighted by molar-refractivity contribution is 0.0135. The maximum Gasteiger partial charge on any atom is 0.407 e. The SMILES string of the molecule is O=C(NCCC(O)C(O)c1cccc(C(=O)O)c1)OCc1ccccc1. The number of ether oxygens (including phenoxy) is 1. The maximum absolute atomic E-state index is 11.6. The van der Waals surface area contributed by atoms with E-state index in [1.807, 2.05) is 30.3 Å². The summed E-state index contributed by atoms with van der Waals surface area (Å²) in [6.45, 7) is 0.240. The zero-order valence-corrected chi connectivity index (χ0v) is 14.0. The highest BCUT2D eigenvalue weighted by Crippen LogP contribution is 2.20. The summed E-state index contributed by atoms with van der Waals surface area (Å²) in [5, 5.41) is 31.6. The number of hydrogen-bond acceptors (Lipinski definition) is 5. The van der Waals surface area contributed by atoms with Crippen LogP contribution in [-0.4, -0.2) is 40.0 Å². The molecule has 0 aliphatic rings. The number of aromatic carboxylic acids is 1. The third kappa shape index (κ3) is 5.87. The van der Waals surface area contributed by atoms with Gasteiger partial charge >= 0.3 is 12.1 Å². The second-order valence-corrected chi connectivity index (χ2v) is 5.72. The lowest BCUT2D eigenvalue weighted by atomic mass is 10.00. The van der Waals surface area contributed by atoms with Crippen molar-refractivity contribution < 1.29 is 29.6 Å². The highest BCUT2D eigenvalue weighted by atomic mass is 16.5. The van der Waals surface area contributed by atoms with Crippen LogP contribution in [0, 0.1) is 0 Å². The molecule has 0 aliphatic heterocycles. The van der Waals surface area contributed by atoms with Gasteiger partial charge in [-0.2, -0.15) is 0 Å². The fourth-order valence-corrected chi connectivity index (χ4v) is 2.33. The number of carbonyl (C=O) groups is 2. The van der Waals surface area contributed by atoms with Gasteiger partial charge in [0.1, 0.15) is 12.7 Å². The highest BCUT2D eigenvalue weighted by molar-refractivity contribution is 5.87. The molecule has 2 aromatic rings. The summed E-state index contributed by atoms with van der Waals surface area (Å²) < 4.78 is 5.04. The second kappa shape index (κ2) is 9.55. The number of carbonyl (C=O) groups excluding carboxylic acids is 1. The Morgan fingerprint density at radius 2 is 1.77 bits per heavy atom. The van der Waals surface area contributed by atoms with E-state index < -0.39 is 24.3 Å². The molecule has 0 saturated carbocycles. The summed E-state index contributed by atoms with van der Waals surface area (Å²) in [4.78, 5) is 22.6. The van der Waals surface area contributed by atoms with Crippen LogP contribution in [-0.2, 0) is 11.3 Å². The van der Waals surface area contributed by atoms with Crippen molar-refractivity contribution in [2.24, 2.45) is 0 Å². The summed E-state index contributed by atoms with van der Waals surface area (Å²) in [5.74, 6) is -1.11. The van der Waals surface area contributed by atoms with Crippen LogP contribution < -0.4 is 5.32 Å². The molecule has 0 fully saturated rings. The van der Waals surface area contributed by atoms with Crippen LogP contribution >= 0.6 is 0 Å². The van der Waals surface area contributed by atoms with Gasteiger partial charge in [0.15, 0.2) is 0 Å². The fourth-order valence-electron chi connectivity index (χ4n) is 2.33. The molecule has 7 nitrogen and oxygen atoms in total. The number of benzene rings is 2. The van der Waals surface area contributed by atoms with Gasteiger partial charge in [-0.25, -0.2) is 9.59 Å². The first kappa shape index (κ1) is 19.4. The summed E-state index contributed by atoms with van der Waals surface area (Å²) in [6.07, 6.45) is -2.95. The van der Waals surface area contributed by atoms with E-state index in [0.29, 0.717) is 5.56 Å². The molecule has 0 spiro atoms. The molecule has 1 amide bonds. The van der Waals surface area contributed by atoms with Crippen LogP contribution in [0.15, 0.2) is 54.6 Å². The van der Waals surface area contributed by atoms with Crippen LogP contribution in [0.25, 0.3) is 0 Å². The first-order valence-corrected chi connectivity index (χ1v) is 8.11. The molecule has 0 radical (unpaired) electrons. The van der Waals surface area contributed by atoms with Crippen molar-refractivity contribution in [2.45, 2.75) is 25.2 Å². The zero-order chi connectivity index (χ0) is 18.9. The van der Waals surface area contributed by atoms with E-state index in [1.54, 1.807) is 0 Å². The molecular formula is C19H21NO6. The van der Waals surface area contributed by atoms with E-state index >= 15 is 0 Å². The van der Waals surface area contributed by atoms with Gasteiger partial charge in [0.2, 0.25) is 0 Å². The largest absolute Gasteiger partial charge is 0.478 e. The fraction of sp³-hybridized carbons (Fsp3) is 0.263. The summed E-state index contributed by atoms with van der Waals surface area (Å²) in [5.41, 5.74) is 1.18. The number of aliphatic hydroxyl groups is 2. The van der Waals surface area contributed by atoms with Crippen molar-refractivity contribution in [1.29, 1.82) is 0 Å². The molecule has 0 aliphatic carbocycles. The van der Waals surface area contributed by atoms with Crippen LogP contribution in [0.2, 0.25) is 0 Å². The molecule has 0 aromatic heterocycles. The quantitative estimate of drug-likeness (QED) is 0.574. The normalized spacial score (nSPS) is 12.8. The third-order valence-corrected chi connectivity index (χ3v) is 3.76. The molecule has 138 valence electrons. The molecular weight excluding hydrogens is 338 g/mol. The van der Waals surface area contributed by atoms with Crippen molar-refractivity contribution in [3.63, 3.8) is 0 Å². The van der Waals surface area contributed by atoms with Crippen molar-refractivity contribution >= 4 is 12.1 Å². The summed E-state index contributed by atoms with van der Waals surface area (Å²) in [6, 6.07) is 14.9. The Morgan fingerprint density at radius 3 is 2.46 bits per heavy atom. The van der Waals surface area contributed by atoms with Gasteiger partial charge in [0.25, 0.3) is 0 Å². The number of hydrogen-bond donors (Lipinski definition) is 4. The van der Waals surface area contributed by atoms with Crippen molar-refractivity contribution in [3.05, 3.63) is 71.3 Å². The Kier molecular flexibility index (Phi) is 7.13. The van der Waals surface area contributed by atoms with Crippen LogP contribution in [0.5, 0.6) is 0 Å². The van der Waals surface area contributed by atoms with Gasteiger partial charge < -0.3 is 25.4 Å². The van der Waals surface area contributed by atoms with Gasteiger partial charge in [-0.05, 0) is 29.7 Å². The minimum absolute atomic E-state index is 0.0244. The smallest absolute Gasteiger partial charge is 0.407 e. The van der Waals surface area contributed by atoms with Gasteiger partial charge in [-0.3, -0.25) is 0 Å². The number of aliphatic hydroxyl groups excluding tert-OH is 2. The molecule has 26 heavy (non-hydrogen) atoms. The molecule has 4 N–H and O–H groups in total. The van der Waals surface area contributed by atoms with Crippen LogP contribution in [0.1, 0.15) is 34.0 Å². The Labute approximate surface area is 150 Å². The van der Waals surface area contributed by atoms with Crippen molar-refractivity contribution in [1.82, 2.24) is 5.32 Å². The molecule has 2 atom stereocenters. The van der Waals surface area contributed by atoms with E-state index in [0.717, 1.165) is 5.56 Å². The summed E-state index contributed by atoms with van der Waals surface area (Å²) >= 11 is 0. The van der Waals surface area contributed by atoms with Crippen molar-refractivity contribution in [3.8, 4) is 0 Å². The average molecular weight is 359 g/mol. The number of amides is 1. The van der Waals surface area contributed by atoms with E-state index in [-0.39, 0.29) is 25.1 Å². The second-order valence-electron chi connectivity index (χ2n) is 5.72. The third-order valence-electron chi connectivity index (χ3n) is 3.76. The highest BCUT2D eigenvalue weighted by Gasteiger charge is 2.19. The van der Waals surface area contributed by atoms with Gasteiger partial charge in [0.05, 0.1) is 11.7 Å². The van der Waals surface area contributed by atoms with Gasteiger partial charge in [-0.15, -0.1) is 0 Å². The molecule has 0 bridgehead atoms. The predicted octanol–water partition coefficient (Wildman–Crippen LogP) is 2.10. The monoisotopic (exact) mass is 359 g/mol. The minimum Gasteiger partial charge on any atom is -0.478 e. The standard InChI is InChI=1S/C19H21NO6/c21-16(17(22)14-7-4-8-15(11-14)18(23)24)9-10-20-19(25)26-12-13-5-2-1-3-6-13/h1-8,11,16-17,21-22H,9-10,12H2,(H,20,25)(H,23,24). The Bertz CT molecular complexity index is 734. The topological polar surface area (TPSA) is 116 Å². The average Bonchev–Trinajstić information content (AvgIpc) is 2.66. The number of alkyl carbamates (subject to hydrolysis) is 1. The number of nitrogens with one attached hydrogen (secondary N) is 1. The number of carboxylic acids is 1. The molecule has 2 aromatic carbocycles. The van der Waals surface area contributed by atoms with E-state index in [1.165, 1.54) is 24.3 Å². The van der Waals surface area contributed by atoms with Crippen LogP contribution in [0.3, 0.4) is 0 Å². The lowest BCUT2D eigenvalue weighted by Gasteiger charge is -2.18. The van der Waals surface area contributed by atoms with Gasteiger partial charge in [0, 0.05) is 6.54 Å². The van der Waals surface area contributed by atoms with E-state index in [9.17, 15) is 19.8 Å². The van der Waals surface area contributed by atoms with E-state index in [2.05, 4.69) is 5.32 Å². The van der Waals surface area contributed by atoms with Crippen LogP contribution in [0.4, 0.5) is 4.79 Å². The van der Waals surface area contributed by atoms with E-state index in [4.69, 9.17) is 9.84 Å². The zero-order valence-electron chi connectivity index (χ0n) is 14.0. The maximum atomic E-state index is 11.6. The molecule has 0 heterocycles. The number of rotatable bonds is 8. The number of carboxylic acid groups (broad SMARTS) is 1. The summed E-state index contributed by atoms with van der Waals surface area (Å²) in [7, 11) is 0. The lowest BCUT2D eigenvalue weighted by Crippen LogP contribution is -2.29.